The number of hydrogen-bond donors (Lipinski definition) is 1. The summed E-state index contributed by atoms with van der Waals surface area (Å²) < 4.78 is 11.1. The van der Waals surface area contributed by atoms with E-state index in [4.69, 9.17) is 9.47 Å². The Morgan fingerprint density at radius 2 is 1.89 bits per heavy atom. The van der Waals surface area contributed by atoms with Crippen molar-refractivity contribution in [1.29, 1.82) is 0 Å². The summed E-state index contributed by atoms with van der Waals surface area (Å²) in [7, 11) is 0. The number of ether oxygens (including phenoxy) is 2. The fraction of sp³-hybridized carbons (Fsp3) is 0.409. The van der Waals surface area contributed by atoms with Crippen LogP contribution >= 0.6 is 0 Å². The van der Waals surface area contributed by atoms with E-state index in [2.05, 4.69) is 41.4 Å². The molecule has 0 spiro atoms. The SMILES string of the molecule is CC[C@H](CNC(=O)c1ccc2c(c1)OCCO2)N1CCc2ccccc2C1. The van der Waals surface area contributed by atoms with E-state index in [9.17, 15) is 4.79 Å². The number of amides is 1. The summed E-state index contributed by atoms with van der Waals surface area (Å²) in [5.74, 6) is 1.28. The molecular weight excluding hydrogens is 340 g/mol. The molecule has 2 aromatic rings. The number of carbonyl (C=O) groups excluding carboxylic acids is 1. The van der Waals surface area contributed by atoms with Gasteiger partial charge in [0.2, 0.25) is 0 Å². The van der Waals surface area contributed by atoms with Gasteiger partial charge in [0, 0.05) is 31.2 Å². The van der Waals surface area contributed by atoms with E-state index in [1.165, 1.54) is 11.1 Å². The van der Waals surface area contributed by atoms with E-state index in [1.54, 1.807) is 12.1 Å². The molecule has 0 fully saturated rings. The third kappa shape index (κ3) is 3.93. The van der Waals surface area contributed by atoms with Crippen molar-refractivity contribution >= 4 is 5.91 Å². The molecule has 2 heterocycles. The highest BCUT2D eigenvalue weighted by atomic mass is 16.6. The van der Waals surface area contributed by atoms with Crippen molar-refractivity contribution in [1.82, 2.24) is 10.2 Å². The number of nitrogens with one attached hydrogen (secondary N) is 1. The Morgan fingerprint density at radius 3 is 2.70 bits per heavy atom. The predicted octanol–water partition coefficient (Wildman–Crippen LogP) is 3.02. The minimum Gasteiger partial charge on any atom is -0.486 e. The minimum absolute atomic E-state index is 0.0668. The molecule has 5 heteroatoms. The van der Waals surface area contributed by atoms with E-state index >= 15 is 0 Å². The number of carbonyl (C=O) groups is 1. The van der Waals surface area contributed by atoms with Crippen molar-refractivity contribution in [2.24, 2.45) is 0 Å². The van der Waals surface area contributed by atoms with Gasteiger partial charge >= 0.3 is 0 Å². The van der Waals surface area contributed by atoms with Crippen LogP contribution in [0.1, 0.15) is 34.8 Å². The number of benzene rings is 2. The number of rotatable bonds is 5. The Labute approximate surface area is 160 Å². The number of hydrogen-bond acceptors (Lipinski definition) is 4. The standard InChI is InChI=1S/C22H26N2O3/c1-2-19(24-10-9-16-5-3-4-6-18(16)15-24)14-23-22(25)17-7-8-20-21(13-17)27-12-11-26-20/h3-8,13,19H,2,9-12,14-15H2,1H3,(H,23,25)/t19-/m1/s1. The van der Waals surface area contributed by atoms with Crippen LogP contribution in [-0.2, 0) is 13.0 Å². The van der Waals surface area contributed by atoms with Gasteiger partial charge in [-0.2, -0.15) is 0 Å². The molecule has 5 nitrogen and oxygen atoms in total. The topological polar surface area (TPSA) is 50.8 Å². The lowest BCUT2D eigenvalue weighted by molar-refractivity contribution is 0.0925. The third-order valence-corrected chi connectivity index (χ3v) is 5.45. The summed E-state index contributed by atoms with van der Waals surface area (Å²) in [5, 5.41) is 3.10. The zero-order valence-electron chi connectivity index (χ0n) is 15.7. The number of nitrogens with zero attached hydrogens (tertiary/aromatic N) is 1. The molecule has 2 aliphatic rings. The molecule has 1 N–H and O–H groups in total. The van der Waals surface area contributed by atoms with Crippen molar-refractivity contribution < 1.29 is 14.3 Å². The van der Waals surface area contributed by atoms with Crippen molar-refractivity contribution in [2.45, 2.75) is 32.4 Å². The zero-order chi connectivity index (χ0) is 18.6. The Morgan fingerprint density at radius 1 is 1.11 bits per heavy atom. The van der Waals surface area contributed by atoms with Crippen LogP contribution in [0.25, 0.3) is 0 Å². The molecule has 142 valence electrons. The van der Waals surface area contributed by atoms with Gasteiger partial charge in [-0.05, 0) is 42.2 Å². The highest BCUT2D eigenvalue weighted by Gasteiger charge is 2.23. The van der Waals surface area contributed by atoms with Crippen LogP contribution in [0.3, 0.4) is 0 Å². The first-order valence-electron chi connectivity index (χ1n) is 9.73. The maximum Gasteiger partial charge on any atom is 0.251 e. The molecule has 0 saturated carbocycles. The van der Waals surface area contributed by atoms with Gasteiger partial charge < -0.3 is 14.8 Å². The Bertz CT molecular complexity index is 821. The summed E-state index contributed by atoms with van der Waals surface area (Å²) in [6.07, 6.45) is 2.08. The Kier molecular flexibility index (Phi) is 5.30. The highest BCUT2D eigenvalue weighted by Crippen LogP contribution is 2.30. The molecule has 2 aliphatic heterocycles. The molecule has 0 aliphatic carbocycles. The fourth-order valence-corrected chi connectivity index (χ4v) is 3.86. The van der Waals surface area contributed by atoms with Crippen LogP contribution < -0.4 is 14.8 Å². The van der Waals surface area contributed by atoms with Crippen LogP contribution in [0.2, 0.25) is 0 Å². The molecule has 1 atom stereocenters. The summed E-state index contributed by atoms with van der Waals surface area (Å²) in [4.78, 5) is 15.1. The lowest BCUT2D eigenvalue weighted by Crippen LogP contribution is -2.45. The average molecular weight is 366 g/mol. The molecule has 0 radical (unpaired) electrons. The second kappa shape index (κ2) is 8.01. The maximum atomic E-state index is 12.6. The second-order valence-corrected chi connectivity index (χ2v) is 7.12. The fourth-order valence-electron chi connectivity index (χ4n) is 3.86. The highest BCUT2D eigenvalue weighted by molar-refractivity contribution is 5.94. The van der Waals surface area contributed by atoms with Gasteiger partial charge in [0.1, 0.15) is 13.2 Å². The molecule has 2 aromatic carbocycles. The molecular formula is C22H26N2O3. The van der Waals surface area contributed by atoms with Crippen LogP contribution in [0, 0.1) is 0 Å². The van der Waals surface area contributed by atoms with Crippen molar-refractivity contribution in [3.05, 3.63) is 59.2 Å². The summed E-state index contributed by atoms with van der Waals surface area (Å²) in [6, 6.07) is 14.3. The van der Waals surface area contributed by atoms with Crippen LogP contribution in [0.15, 0.2) is 42.5 Å². The predicted molar refractivity (Wildman–Crippen MR) is 104 cm³/mol. The average Bonchev–Trinajstić information content (AvgIpc) is 2.73. The first-order valence-corrected chi connectivity index (χ1v) is 9.73. The van der Waals surface area contributed by atoms with Crippen molar-refractivity contribution in [2.75, 3.05) is 26.3 Å². The molecule has 27 heavy (non-hydrogen) atoms. The van der Waals surface area contributed by atoms with Gasteiger partial charge in [-0.3, -0.25) is 9.69 Å². The lowest BCUT2D eigenvalue weighted by Gasteiger charge is -2.35. The van der Waals surface area contributed by atoms with Crippen LogP contribution in [0.4, 0.5) is 0 Å². The summed E-state index contributed by atoms with van der Waals surface area (Å²) >= 11 is 0. The van der Waals surface area contributed by atoms with Gasteiger partial charge in [-0.15, -0.1) is 0 Å². The lowest BCUT2D eigenvalue weighted by atomic mass is 9.98. The molecule has 0 aromatic heterocycles. The van der Waals surface area contributed by atoms with Crippen molar-refractivity contribution in [3.63, 3.8) is 0 Å². The van der Waals surface area contributed by atoms with Gasteiger partial charge in [0.05, 0.1) is 0 Å². The van der Waals surface area contributed by atoms with Gasteiger partial charge in [0.25, 0.3) is 5.91 Å². The quantitative estimate of drug-likeness (QED) is 0.884. The molecule has 0 bridgehead atoms. The van der Waals surface area contributed by atoms with Gasteiger partial charge in [-0.1, -0.05) is 31.2 Å². The Balaban J connectivity index is 1.37. The Hall–Kier alpha value is -2.53. The van der Waals surface area contributed by atoms with E-state index in [1.807, 2.05) is 6.07 Å². The van der Waals surface area contributed by atoms with Crippen molar-refractivity contribution in [3.8, 4) is 11.5 Å². The summed E-state index contributed by atoms with van der Waals surface area (Å²) in [6.45, 7) is 5.89. The van der Waals surface area contributed by atoms with E-state index in [-0.39, 0.29) is 5.91 Å². The molecule has 0 saturated heterocycles. The first kappa shape index (κ1) is 17.9. The van der Waals surface area contributed by atoms with Crippen LogP contribution in [0.5, 0.6) is 11.5 Å². The zero-order valence-corrected chi connectivity index (χ0v) is 15.7. The minimum atomic E-state index is -0.0668. The second-order valence-electron chi connectivity index (χ2n) is 7.12. The molecule has 0 unspecified atom stereocenters. The van der Waals surface area contributed by atoms with E-state index < -0.39 is 0 Å². The van der Waals surface area contributed by atoms with E-state index in [0.717, 1.165) is 25.9 Å². The normalized spacial score (nSPS) is 17.1. The monoisotopic (exact) mass is 366 g/mol. The molecule has 1 amide bonds. The third-order valence-electron chi connectivity index (χ3n) is 5.45. The smallest absolute Gasteiger partial charge is 0.251 e. The van der Waals surface area contributed by atoms with E-state index in [0.29, 0.717) is 42.9 Å². The summed E-state index contributed by atoms with van der Waals surface area (Å²) in [5.41, 5.74) is 3.46. The number of fused-ring (bicyclic) bond motifs is 2. The molecule has 4 rings (SSSR count). The maximum absolute atomic E-state index is 12.6. The first-order chi connectivity index (χ1) is 13.2. The van der Waals surface area contributed by atoms with Crippen LogP contribution in [-0.4, -0.2) is 43.2 Å². The largest absolute Gasteiger partial charge is 0.486 e. The van der Waals surface area contributed by atoms with Gasteiger partial charge in [0.15, 0.2) is 11.5 Å². The van der Waals surface area contributed by atoms with Gasteiger partial charge in [-0.25, -0.2) is 0 Å².